The van der Waals surface area contributed by atoms with Gasteiger partial charge in [-0.05, 0) is 30.5 Å². The van der Waals surface area contributed by atoms with Gasteiger partial charge in [-0.25, -0.2) is 0 Å². The maximum absolute atomic E-state index is 12.5. The number of nitrogens with one attached hydrogen (secondary N) is 1. The van der Waals surface area contributed by atoms with Crippen molar-refractivity contribution in [1.29, 1.82) is 0 Å². The van der Waals surface area contributed by atoms with Crippen LogP contribution < -0.4 is 10.1 Å². The number of carboxylic acid groups (broad SMARTS) is 1. The zero-order valence-electron chi connectivity index (χ0n) is 14.1. The first-order chi connectivity index (χ1) is 12.0. The highest BCUT2D eigenvalue weighted by Crippen LogP contribution is 2.27. The molecule has 130 valence electrons. The molecule has 1 heterocycles. The molecule has 1 aliphatic rings. The summed E-state index contributed by atoms with van der Waals surface area (Å²) in [7, 11) is 0. The Hall–Kier alpha value is -2.82. The molecule has 3 rings (SSSR count). The first-order valence-electron chi connectivity index (χ1n) is 8.28. The van der Waals surface area contributed by atoms with Crippen molar-refractivity contribution in [2.45, 2.75) is 18.8 Å². The third-order valence-corrected chi connectivity index (χ3v) is 4.75. The molecule has 0 saturated carbocycles. The fourth-order valence-electron chi connectivity index (χ4n) is 3.01. The zero-order valence-corrected chi connectivity index (χ0v) is 14.1. The Balaban J connectivity index is 1.68. The van der Waals surface area contributed by atoms with Crippen LogP contribution in [-0.4, -0.2) is 30.1 Å². The van der Waals surface area contributed by atoms with E-state index in [9.17, 15) is 14.7 Å². The highest BCUT2D eigenvalue weighted by molar-refractivity contribution is 5.84. The van der Waals surface area contributed by atoms with E-state index in [2.05, 4.69) is 5.32 Å². The number of hydrogen-bond donors (Lipinski definition) is 2. The van der Waals surface area contributed by atoms with Gasteiger partial charge in [0.15, 0.2) is 0 Å². The van der Waals surface area contributed by atoms with Crippen molar-refractivity contribution in [3.63, 3.8) is 0 Å². The maximum Gasteiger partial charge on any atom is 0.315 e. The molecule has 25 heavy (non-hydrogen) atoms. The van der Waals surface area contributed by atoms with Gasteiger partial charge in [-0.3, -0.25) is 9.59 Å². The molecule has 2 aromatic carbocycles. The quantitative estimate of drug-likeness (QED) is 0.877. The third kappa shape index (κ3) is 3.50. The molecule has 0 aromatic heterocycles. The van der Waals surface area contributed by atoms with Crippen LogP contribution >= 0.6 is 0 Å². The van der Waals surface area contributed by atoms with Gasteiger partial charge in [0.25, 0.3) is 0 Å². The molecule has 1 amide bonds. The van der Waals surface area contributed by atoms with Crippen LogP contribution in [0.2, 0.25) is 0 Å². The molecule has 0 saturated heterocycles. The molecule has 0 bridgehead atoms. The van der Waals surface area contributed by atoms with E-state index >= 15 is 0 Å². The minimum Gasteiger partial charge on any atom is -0.492 e. The van der Waals surface area contributed by atoms with E-state index in [0.29, 0.717) is 18.6 Å². The van der Waals surface area contributed by atoms with Gasteiger partial charge in [-0.15, -0.1) is 0 Å². The van der Waals surface area contributed by atoms with E-state index in [1.165, 1.54) is 0 Å². The lowest BCUT2D eigenvalue weighted by Gasteiger charge is -2.28. The average molecular weight is 339 g/mol. The summed E-state index contributed by atoms with van der Waals surface area (Å²) in [6.45, 7) is 1.96. The molecule has 1 aliphatic heterocycles. The summed E-state index contributed by atoms with van der Waals surface area (Å²) in [6.07, 6.45) is 0.594. The molecule has 2 unspecified atom stereocenters. The number of fused-ring (bicyclic) bond motifs is 1. The Bertz CT molecular complexity index is 774. The SMILES string of the molecule is CC(CNC(=O)C1COc2ccccc2C1)(C(=O)O)c1ccccc1. The van der Waals surface area contributed by atoms with Gasteiger partial charge in [0.2, 0.25) is 5.91 Å². The lowest BCUT2D eigenvalue weighted by molar-refractivity contribution is -0.143. The van der Waals surface area contributed by atoms with Crippen LogP contribution in [0.25, 0.3) is 0 Å². The van der Waals surface area contributed by atoms with E-state index in [1.807, 2.05) is 30.3 Å². The van der Waals surface area contributed by atoms with Crippen LogP contribution in [0.15, 0.2) is 54.6 Å². The van der Waals surface area contributed by atoms with Crippen LogP contribution in [0.4, 0.5) is 0 Å². The van der Waals surface area contributed by atoms with Crippen LogP contribution in [0, 0.1) is 5.92 Å². The van der Waals surface area contributed by atoms with Gasteiger partial charge >= 0.3 is 5.97 Å². The average Bonchev–Trinajstić information content (AvgIpc) is 2.66. The number of hydrogen-bond acceptors (Lipinski definition) is 3. The molecule has 0 radical (unpaired) electrons. The predicted molar refractivity (Wildman–Crippen MR) is 93.6 cm³/mol. The number of carbonyl (C=O) groups excluding carboxylic acids is 1. The van der Waals surface area contributed by atoms with Crippen LogP contribution in [0.3, 0.4) is 0 Å². The first-order valence-corrected chi connectivity index (χ1v) is 8.28. The molecular formula is C20H21NO4. The summed E-state index contributed by atoms with van der Waals surface area (Å²) >= 11 is 0. The molecular weight excluding hydrogens is 318 g/mol. The standard InChI is InChI=1S/C20H21NO4/c1-20(19(23)24,16-8-3-2-4-9-16)13-21-18(22)15-11-14-7-5-6-10-17(14)25-12-15/h2-10,15H,11-13H2,1H3,(H,21,22)(H,23,24). The number of rotatable bonds is 5. The van der Waals surface area contributed by atoms with E-state index < -0.39 is 11.4 Å². The highest BCUT2D eigenvalue weighted by Gasteiger charge is 2.36. The first kappa shape index (κ1) is 17.0. The van der Waals surface area contributed by atoms with Crippen molar-refractivity contribution in [2.75, 3.05) is 13.2 Å². The Morgan fingerprint density at radius 1 is 1.16 bits per heavy atom. The highest BCUT2D eigenvalue weighted by atomic mass is 16.5. The summed E-state index contributed by atoms with van der Waals surface area (Å²) in [6, 6.07) is 16.6. The second kappa shape index (κ2) is 6.97. The van der Waals surface area contributed by atoms with Crippen LogP contribution in [-0.2, 0) is 21.4 Å². The monoisotopic (exact) mass is 339 g/mol. The summed E-state index contributed by atoms with van der Waals surface area (Å²) in [5.41, 5.74) is 0.482. The maximum atomic E-state index is 12.5. The number of carbonyl (C=O) groups is 2. The fraction of sp³-hybridized carbons (Fsp3) is 0.300. The minimum absolute atomic E-state index is 0.0311. The smallest absolute Gasteiger partial charge is 0.315 e. The number of benzene rings is 2. The van der Waals surface area contributed by atoms with Gasteiger partial charge in [0.1, 0.15) is 17.8 Å². The number of aliphatic carboxylic acids is 1. The van der Waals surface area contributed by atoms with E-state index in [1.54, 1.807) is 31.2 Å². The molecule has 5 nitrogen and oxygen atoms in total. The van der Waals surface area contributed by atoms with Gasteiger partial charge in [-0.1, -0.05) is 48.5 Å². The van der Waals surface area contributed by atoms with E-state index in [0.717, 1.165) is 11.3 Å². The normalized spacial score (nSPS) is 18.4. The second-order valence-corrected chi connectivity index (χ2v) is 6.54. The fourth-order valence-corrected chi connectivity index (χ4v) is 3.01. The predicted octanol–water partition coefficient (Wildman–Crippen LogP) is 2.40. The Morgan fingerprint density at radius 3 is 2.56 bits per heavy atom. The largest absolute Gasteiger partial charge is 0.492 e. The second-order valence-electron chi connectivity index (χ2n) is 6.54. The van der Waals surface area contributed by atoms with Crippen molar-refractivity contribution in [3.8, 4) is 5.75 Å². The minimum atomic E-state index is -1.18. The van der Waals surface area contributed by atoms with Gasteiger partial charge < -0.3 is 15.2 Å². The summed E-state index contributed by atoms with van der Waals surface area (Å²) in [4.78, 5) is 24.3. The van der Waals surface area contributed by atoms with Crippen molar-refractivity contribution in [2.24, 2.45) is 5.92 Å². The molecule has 0 aliphatic carbocycles. The number of carboxylic acids is 1. The molecule has 5 heteroatoms. The number of para-hydroxylation sites is 1. The van der Waals surface area contributed by atoms with E-state index in [-0.39, 0.29) is 18.4 Å². The molecule has 2 aromatic rings. The van der Waals surface area contributed by atoms with Gasteiger partial charge in [-0.2, -0.15) is 0 Å². The summed E-state index contributed by atoms with van der Waals surface area (Å²) < 4.78 is 5.64. The van der Waals surface area contributed by atoms with Crippen molar-refractivity contribution in [3.05, 3.63) is 65.7 Å². The van der Waals surface area contributed by atoms with Crippen LogP contribution in [0.5, 0.6) is 5.75 Å². The van der Waals surface area contributed by atoms with E-state index in [4.69, 9.17) is 4.74 Å². The zero-order chi connectivity index (χ0) is 17.9. The molecule has 2 atom stereocenters. The Kier molecular flexibility index (Phi) is 4.74. The topological polar surface area (TPSA) is 75.6 Å². The molecule has 0 fully saturated rings. The lowest BCUT2D eigenvalue weighted by atomic mass is 9.82. The number of amides is 1. The molecule has 2 N–H and O–H groups in total. The van der Waals surface area contributed by atoms with Gasteiger partial charge in [0, 0.05) is 6.54 Å². The lowest BCUT2D eigenvalue weighted by Crippen LogP contribution is -2.47. The van der Waals surface area contributed by atoms with Crippen molar-refractivity contribution in [1.82, 2.24) is 5.32 Å². The Morgan fingerprint density at radius 2 is 1.84 bits per heavy atom. The van der Waals surface area contributed by atoms with Crippen molar-refractivity contribution < 1.29 is 19.4 Å². The van der Waals surface area contributed by atoms with Gasteiger partial charge in [0.05, 0.1) is 5.92 Å². The summed E-state index contributed by atoms with van der Waals surface area (Å²) in [5, 5.41) is 12.5. The third-order valence-electron chi connectivity index (χ3n) is 4.75. The summed E-state index contributed by atoms with van der Waals surface area (Å²) in [5.74, 6) is -0.655. The number of ether oxygens (including phenoxy) is 1. The molecule has 0 spiro atoms. The van der Waals surface area contributed by atoms with Crippen LogP contribution in [0.1, 0.15) is 18.1 Å². The van der Waals surface area contributed by atoms with Crippen molar-refractivity contribution >= 4 is 11.9 Å². The Labute approximate surface area is 146 Å².